The summed E-state index contributed by atoms with van der Waals surface area (Å²) in [6.45, 7) is 0. The lowest BCUT2D eigenvalue weighted by molar-refractivity contribution is 0.0927. The molecule has 84 valence electrons. The molecule has 3 nitrogen and oxygen atoms in total. The minimum absolute atomic E-state index is 0.0312. The van der Waals surface area contributed by atoms with Gasteiger partial charge >= 0.3 is 0 Å². The summed E-state index contributed by atoms with van der Waals surface area (Å²) < 4.78 is 1.98. The first-order chi connectivity index (χ1) is 8.30. The lowest BCUT2D eigenvalue weighted by Crippen LogP contribution is -2.33. The molecule has 4 rings (SSSR count). The van der Waals surface area contributed by atoms with E-state index >= 15 is 0 Å². The lowest BCUT2D eigenvalue weighted by Gasteiger charge is -2.16. The van der Waals surface area contributed by atoms with Crippen LogP contribution in [0.15, 0.2) is 42.6 Å². The van der Waals surface area contributed by atoms with Crippen LogP contribution in [0.2, 0.25) is 0 Å². The first kappa shape index (κ1) is 9.05. The van der Waals surface area contributed by atoms with Gasteiger partial charge in [-0.1, -0.05) is 18.2 Å². The van der Waals surface area contributed by atoms with Gasteiger partial charge in [-0.3, -0.25) is 4.79 Å². The van der Waals surface area contributed by atoms with Gasteiger partial charge in [-0.2, -0.15) is 0 Å². The smallest absolute Gasteiger partial charge is 0.268 e. The number of nitrogens with one attached hydrogen (secondary N) is 1. The molecule has 3 heteroatoms. The molecular weight excluding hydrogens is 212 g/mol. The Bertz CT molecular complexity index is 623. The summed E-state index contributed by atoms with van der Waals surface area (Å²) in [6.07, 6.45) is 4.04. The van der Waals surface area contributed by atoms with Gasteiger partial charge in [0.15, 0.2) is 0 Å². The minimum Gasteiger partial charge on any atom is -0.341 e. The van der Waals surface area contributed by atoms with Crippen LogP contribution in [-0.2, 0) is 5.54 Å². The van der Waals surface area contributed by atoms with Crippen molar-refractivity contribution in [2.75, 3.05) is 0 Å². The van der Waals surface area contributed by atoms with Gasteiger partial charge in [0.05, 0.1) is 11.2 Å². The Hall–Kier alpha value is -2.03. The van der Waals surface area contributed by atoms with Crippen LogP contribution in [0.4, 0.5) is 0 Å². The van der Waals surface area contributed by atoms with E-state index in [-0.39, 0.29) is 11.4 Å². The van der Waals surface area contributed by atoms with E-state index in [0.29, 0.717) is 0 Å². The van der Waals surface area contributed by atoms with Crippen molar-refractivity contribution in [3.63, 3.8) is 0 Å². The SMILES string of the molecule is O=C1NC2(CC2)c2ccccc2-n2cccc21. The van der Waals surface area contributed by atoms with E-state index < -0.39 is 0 Å². The number of hydrogen-bond acceptors (Lipinski definition) is 1. The van der Waals surface area contributed by atoms with Crippen molar-refractivity contribution >= 4 is 5.91 Å². The number of nitrogens with zero attached hydrogens (tertiary/aromatic N) is 1. The summed E-state index contributed by atoms with van der Waals surface area (Å²) in [7, 11) is 0. The molecule has 1 aliphatic carbocycles. The first-order valence-electron chi connectivity index (χ1n) is 5.90. The van der Waals surface area contributed by atoms with Gasteiger partial charge in [-0.15, -0.1) is 0 Å². The summed E-state index contributed by atoms with van der Waals surface area (Å²) >= 11 is 0. The molecule has 0 radical (unpaired) electrons. The van der Waals surface area contributed by atoms with Crippen molar-refractivity contribution < 1.29 is 4.79 Å². The van der Waals surface area contributed by atoms with Crippen LogP contribution < -0.4 is 5.32 Å². The third kappa shape index (κ3) is 1.08. The number of para-hydroxylation sites is 1. The van der Waals surface area contributed by atoms with Gasteiger partial charge in [0.2, 0.25) is 0 Å². The van der Waals surface area contributed by atoms with Crippen LogP contribution >= 0.6 is 0 Å². The number of amides is 1. The molecule has 1 fully saturated rings. The van der Waals surface area contributed by atoms with Gasteiger partial charge in [0, 0.05) is 11.8 Å². The largest absolute Gasteiger partial charge is 0.341 e. The Balaban J connectivity index is 2.07. The predicted octanol–water partition coefficient (Wildman–Crippen LogP) is 2.21. The minimum atomic E-state index is -0.104. The highest BCUT2D eigenvalue weighted by molar-refractivity contribution is 5.95. The lowest BCUT2D eigenvalue weighted by atomic mass is 10.0. The average molecular weight is 224 g/mol. The molecule has 1 N–H and O–H groups in total. The summed E-state index contributed by atoms with van der Waals surface area (Å²) in [5.41, 5.74) is 2.99. The second-order valence-corrected chi connectivity index (χ2v) is 4.82. The molecule has 1 aromatic heterocycles. The Morgan fingerprint density at radius 1 is 1.12 bits per heavy atom. The number of rotatable bonds is 0. The molecule has 1 aliphatic heterocycles. The second-order valence-electron chi connectivity index (χ2n) is 4.82. The maximum Gasteiger partial charge on any atom is 0.268 e. The number of aromatic nitrogens is 1. The zero-order valence-electron chi connectivity index (χ0n) is 9.31. The Kier molecular flexibility index (Phi) is 1.49. The van der Waals surface area contributed by atoms with Gasteiger partial charge in [-0.05, 0) is 31.0 Å². The van der Waals surface area contributed by atoms with Crippen molar-refractivity contribution in [1.82, 2.24) is 9.88 Å². The molecule has 1 saturated carbocycles. The Morgan fingerprint density at radius 3 is 2.76 bits per heavy atom. The number of fused-ring (bicyclic) bond motifs is 4. The fourth-order valence-corrected chi connectivity index (χ4v) is 2.73. The van der Waals surface area contributed by atoms with E-state index in [1.807, 2.05) is 35.0 Å². The van der Waals surface area contributed by atoms with Crippen molar-refractivity contribution in [3.05, 3.63) is 53.9 Å². The average Bonchev–Trinajstić information content (AvgIpc) is 2.97. The fourth-order valence-electron chi connectivity index (χ4n) is 2.73. The molecule has 1 spiro atoms. The third-order valence-corrected chi connectivity index (χ3v) is 3.76. The molecular formula is C14H12N2O. The number of carbonyl (C=O) groups excluding carboxylic acids is 1. The van der Waals surface area contributed by atoms with Crippen molar-refractivity contribution in [1.29, 1.82) is 0 Å². The Labute approximate surface area is 99.1 Å². The van der Waals surface area contributed by atoms with Gasteiger partial charge in [0.1, 0.15) is 5.69 Å². The summed E-state index contributed by atoms with van der Waals surface area (Å²) in [5.74, 6) is 0.0312. The van der Waals surface area contributed by atoms with Crippen LogP contribution in [-0.4, -0.2) is 10.5 Å². The molecule has 0 atom stereocenters. The second kappa shape index (κ2) is 2.80. The normalized spacial score (nSPS) is 19.2. The third-order valence-electron chi connectivity index (χ3n) is 3.76. The standard InChI is InChI=1S/C14H12N2O/c17-13-12-6-3-9-16(12)11-5-2-1-4-10(11)14(15-13)7-8-14/h1-6,9H,7-8H2,(H,15,17). The number of carbonyl (C=O) groups is 1. The van der Waals surface area contributed by atoms with E-state index in [0.717, 1.165) is 24.2 Å². The summed E-state index contributed by atoms with van der Waals surface area (Å²) in [5, 5.41) is 3.17. The first-order valence-corrected chi connectivity index (χ1v) is 5.90. The molecule has 0 bridgehead atoms. The highest BCUT2D eigenvalue weighted by atomic mass is 16.2. The maximum absolute atomic E-state index is 12.2. The number of benzene rings is 1. The molecule has 1 aromatic carbocycles. The van der Waals surface area contributed by atoms with Crippen LogP contribution in [0.1, 0.15) is 28.9 Å². The maximum atomic E-state index is 12.2. The monoisotopic (exact) mass is 224 g/mol. The van der Waals surface area contributed by atoms with Gasteiger partial charge in [-0.25, -0.2) is 0 Å². The predicted molar refractivity (Wildman–Crippen MR) is 64.1 cm³/mol. The van der Waals surface area contributed by atoms with Gasteiger partial charge < -0.3 is 9.88 Å². The van der Waals surface area contributed by atoms with Crippen molar-refractivity contribution in [3.8, 4) is 5.69 Å². The number of hydrogen-bond donors (Lipinski definition) is 1. The van der Waals surface area contributed by atoms with Crippen LogP contribution in [0.25, 0.3) is 5.69 Å². The van der Waals surface area contributed by atoms with Crippen molar-refractivity contribution in [2.45, 2.75) is 18.4 Å². The highest BCUT2D eigenvalue weighted by Crippen LogP contribution is 2.49. The molecule has 1 amide bonds. The molecule has 0 unspecified atom stereocenters. The van der Waals surface area contributed by atoms with E-state index in [4.69, 9.17) is 0 Å². The molecule has 2 heterocycles. The molecule has 2 aromatic rings. The van der Waals surface area contributed by atoms with Crippen LogP contribution in [0, 0.1) is 0 Å². The molecule has 2 aliphatic rings. The van der Waals surface area contributed by atoms with Crippen LogP contribution in [0.5, 0.6) is 0 Å². The van der Waals surface area contributed by atoms with Crippen molar-refractivity contribution in [2.24, 2.45) is 0 Å². The highest BCUT2D eigenvalue weighted by Gasteiger charge is 2.48. The fraction of sp³-hybridized carbons (Fsp3) is 0.214. The topological polar surface area (TPSA) is 34.0 Å². The zero-order valence-corrected chi connectivity index (χ0v) is 9.31. The van der Waals surface area contributed by atoms with E-state index in [9.17, 15) is 4.79 Å². The van der Waals surface area contributed by atoms with E-state index in [2.05, 4.69) is 17.4 Å². The van der Waals surface area contributed by atoms with Crippen LogP contribution in [0.3, 0.4) is 0 Å². The van der Waals surface area contributed by atoms with Gasteiger partial charge in [0.25, 0.3) is 5.91 Å². The zero-order chi connectivity index (χ0) is 11.5. The summed E-state index contributed by atoms with van der Waals surface area (Å²) in [6, 6.07) is 12.1. The van der Waals surface area contributed by atoms with E-state index in [1.165, 1.54) is 5.56 Å². The molecule has 17 heavy (non-hydrogen) atoms. The van der Waals surface area contributed by atoms with E-state index in [1.54, 1.807) is 0 Å². The Morgan fingerprint density at radius 2 is 1.94 bits per heavy atom. The quantitative estimate of drug-likeness (QED) is 0.731. The molecule has 0 saturated heterocycles. The summed E-state index contributed by atoms with van der Waals surface area (Å²) in [4.78, 5) is 12.2.